The van der Waals surface area contributed by atoms with Crippen molar-refractivity contribution in [3.63, 3.8) is 0 Å². The average Bonchev–Trinajstić information content (AvgIpc) is 2.39. The van der Waals surface area contributed by atoms with Crippen LogP contribution in [0.1, 0.15) is 37.2 Å². The molecule has 1 heterocycles. The number of carbonyl (C=O) groups excluding carboxylic acids is 1. The van der Waals surface area contributed by atoms with E-state index in [0.29, 0.717) is 11.5 Å². The molecule has 1 aromatic rings. The van der Waals surface area contributed by atoms with E-state index in [1.807, 2.05) is 7.05 Å². The van der Waals surface area contributed by atoms with Crippen molar-refractivity contribution in [2.45, 2.75) is 32.7 Å². The molecule has 5 heteroatoms. The number of nitrogens with one attached hydrogen (secondary N) is 1. The van der Waals surface area contributed by atoms with Crippen molar-refractivity contribution >= 4 is 11.7 Å². The van der Waals surface area contributed by atoms with E-state index in [4.69, 9.17) is 0 Å². The molecule has 0 spiro atoms. The lowest BCUT2D eigenvalue weighted by Gasteiger charge is -2.25. The van der Waals surface area contributed by atoms with Gasteiger partial charge in [-0.1, -0.05) is 13.8 Å². The van der Waals surface area contributed by atoms with E-state index < -0.39 is 0 Å². The van der Waals surface area contributed by atoms with Gasteiger partial charge >= 0.3 is 0 Å². The van der Waals surface area contributed by atoms with Crippen LogP contribution < -0.4 is 5.32 Å². The molecule has 0 unspecified atom stereocenters. The highest BCUT2D eigenvalue weighted by Crippen LogP contribution is 2.10. The van der Waals surface area contributed by atoms with Crippen LogP contribution in [0.3, 0.4) is 0 Å². The second-order valence-electron chi connectivity index (χ2n) is 3.92. The third kappa shape index (κ3) is 3.15. The molecular formula is C12H20N4O. The molecule has 17 heavy (non-hydrogen) atoms. The minimum absolute atomic E-state index is 0.0751. The van der Waals surface area contributed by atoms with Crippen LogP contribution in [0.5, 0.6) is 0 Å². The van der Waals surface area contributed by atoms with Gasteiger partial charge in [-0.25, -0.2) is 9.97 Å². The predicted molar refractivity (Wildman–Crippen MR) is 68.0 cm³/mol. The van der Waals surface area contributed by atoms with Gasteiger partial charge < -0.3 is 10.2 Å². The molecule has 0 saturated heterocycles. The fourth-order valence-electron chi connectivity index (χ4n) is 1.75. The summed E-state index contributed by atoms with van der Waals surface area (Å²) in [6, 6.07) is 0.258. The van der Waals surface area contributed by atoms with Gasteiger partial charge in [-0.2, -0.15) is 0 Å². The largest absolute Gasteiger partial charge is 0.372 e. The lowest BCUT2D eigenvalue weighted by Crippen LogP contribution is -2.36. The van der Waals surface area contributed by atoms with Gasteiger partial charge in [-0.3, -0.25) is 4.79 Å². The molecule has 1 rings (SSSR count). The van der Waals surface area contributed by atoms with Crippen molar-refractivity contribution in [1.82, 2.24) is 14.9 Å². The van der Waals surface area contributed by atoms with Gasteiger partial charge in [-0.15, -0.1) is 0 Å². The Bertz CT molecular complexity index is 359. The van der Waals surface area contributed by atoms with Crippen LogP contribution in [-0.2, 0) is 0 Å². The van der Waals surface area contributed by atoms with Crippen molar-refractivity contribution in [1.29, 1.82) is 0 Å². The molecule has 0 atom stereocenters. The van der Waals surface area contributed by atoms with Gasteiger partial charge in [0.25, 0.3) is 5.91 Å². The van der Waals surface area contributed by atoms with Crippen LogP contribution in [0, 0.1) is 0 Å². The molecule has 0 saturated carbocycles. The number of hydrogen-bond donors (Lipinski definition) is 1. The average molecular weight is 236 g/mol. The lowest BCUT2D eigenvalue weighted by molar-refractivity contribution is 0.0717. The first-order chi connectivity index (χ1) is 8.13. The van der Waals surface area contributed by atoms with E-state index in [0.717, 1.165) is 12.8 Å². The summed E-state index contributed by atoms with van der Waals surface area (Å²) in [5, 5.41) is 2.87. The first-order valence-electron chi connectivity index (χ1n) is 5.90. The fourth-order valence-corrected chi connectivity index (χ4v) is 1.75. The van der Waals surface area contributed by atoms with E-state index >= 15 is 0 Å². The SMILES string of the molecule is CCC(CC)N(C)C(=O)c1cnc(NC)cn1. The van der Waals surface area contributed by atoms with Crippen molar-refractivity contribution in [2.24, 2.45) is 0 Å². The van der Waals surface area contributed by atoms with Gasteiger partial charge in [0.05, 0.1) is 12.4 Å². The highest BCUT2D eigenvalue weighted by molar-refractivity contribution is 5.92. The summed E-state index contributed by atoms with van der Waals surface area (Å²) in [7, 11) is 3.58. The number of hydrogen-bond acceptors (Lipinski definition) is 4. The predicted octanol–water partition coefficient (Wildman–Crippen LogP) is 1.78. The van der Waals surface area contributed by atoms with E-state index in [9.17, 15) is 4.79 Å². The first kappa shape index (κ1) is 13.4. The van der Waals surface area contributed by atoms with Gasteiger partial charge in [0.2, 0.25) is 0 Å². The van der Waals surface area contributed by atoms with Crippen LogP contribution in [0.2, 0.25) is 0 Å². The summed E-state index contributed by atoms with van der Waals surface area (Å²) in [4.78, 5) is 22.0. The van der Waals surface area contributed by atoms with Gasteiger partial charge in [-0.05, 0) is 12.8 Å². The minimum atomic E-state index is -0.0751. The number of rotatable bonds is 5. The monoisotopic (exact) mass is 236 g/mol. The third-order valence-electron chi connectivity index (χ3n) is 2.94. The molecule has 1 N–H and O–H groups in total. The molecule has 0 aromatic carbocycles. The van der Waals surface area contributed by atoms with Gasteiger partial charge in [0.15, 0.2) is 0 Å². The maximum absolute atomic E-state index is 12.1. The summed E-state index contributed by atoms with van der Waals surface area (Å²) in [6.45, 7) is 4.15. The Morgan fingerprint density at radius 3 is 2.41 bits per heavy atom. The fraction of sp³-hybridized carbons (Fsp3) is 0.583. The smallest absolute Gasteiger partial charge is 0.274 e. The number of aromatic nitrogens is 2. The maximum Gasteiger partial charge on any atom is 0.274 e. The Hall–Kier alpha value is -1.65. The van der Waals surface area contributed by atoms with E-state index in [1.54, 1.807) is 18.1 Å². The second-order valence-corrected chi connectivity index (χ2v) is 3.92. The Morgan fingerprint density at radius 1 is 1.35 bits per heavy atom. The van der Waals surface area contributed by atoms with Gasteiger partial charge in [0, 0.05) is 20.1 Å². The Labute approximate surface area is 102 Å². The number of amides is 1. The van der Waals surface area contributed by atoms with Crippen LogP contribution in [0.15, 0.2) is 12.4 Å². The van der Waals surface area contributed by atoms with Crippen LogP contribution in [0.25, 0.3) is 0 Å². The zero-order valence-electron chi connectivity index (χ0n) is 10.9. The standard InChI is InChI=1S/C12H20N4O/c1-5-9(6-2)16(4)12(17)10-7-15-11(13-3)8-14-10/h7-9H,5-6H2,1-4H3,(H,13,15). The molecule has 0 aliphatic heterocycles. The Balaban J connectivity index is 2.80. The Kier molecular flexibility index (Phi) is 4.87. The summed E-state index contributed by atoms with van der Waals surface area (Å²) in [6.07, 6.45) is 4.96. The summed E-state index contributed by atoms with van der Waals surface area (Å²) < 4.78 is 0. The molecule has 1 aromatic heterocycles. The maximum atomic E-state index is 12.1. The molecule has 0 fully saturated rings. The van der Waals surface area contributed by atoms with Crippen molar-refractivity contribution in [3.8, 4) is 0 Å². The van der Waals surface area contributed by atoms with E-state index in [1.165, 1.54) is 6.20 Å². The highest BCUT2D eigenvalue weighted by Gasteiger charge is 2.19. The topological polar surface area (TPSA) is 58.1 Å². The number of anilines is 1. The zero-order valence-corrected chi connectivity index (χ0v) is 10.9. The second kappa shape index (κ2) is 6.18. The van der Waals surface area contributed by atoms with Crippen LogP contribution in [0.4, 0.5) is 5.82 Å². The summed E-state index contributed by atoms with van der Waals surface area (Å²) >= 11 is 0. The molecule has 0 aliphatic rings. The molecule has 0 aliphatic carbocycles. The zero-order chi connectivity index (χ0) is 12.8. The van der Waals surface area contributed by atoms with Crippen molar-refractivity contribution < 1.29 is 4.79 Å². The first-order valence-corrected chi connectivity index (χ1v) is 5.90. The molecule has 1 amide bonds. The van der Waals surface area contributed by atoms with Gasteiger partial charge in [0.1, 0.15) is 11.5 Å². The Morgan fingerprint density at radius 2 is 2.00 bits per heavy atom. The minimum Gasteiger partial charge on any atom is -0.372 e. The lowest BCUT2D eigenvalue weighted by atomic mass is 10.1. The van der Waals surface area contributed by atoms with E-state index in [2.05, 4.69) is 29.1 Å². The summed E-state index contributed by atoms with van der Waals surface area (Å²) in [5.41, 5.74) is 0.387. The van der Waals surface area contributed by atoms with E-state index in [-0.39, 0.29) is 11.9 Å². The van der Waals surface area contributed by atoms with Crippen molar-refractivity contribution in [2.75, 3.05) is 19.4 Å². The van der Waals surface area contributed by atoms with Crippen molar-refractivity contribution in [3.05, 3.63) is 18.1 Å². The molecular weight excluding hydrogens is 216 g/mol. The summed E-state index contributed by atoms with van der Waals surface area (Å²) in [5.74, 6) is 0.584. The molecule has 94 valence electrons. The molecule has 0 radical (unpaired) electrons. The molecule has 5 nitrogen and oxygen atoms in total. The van der Waals surface area contributed by atoms with Crippen LogP contribution in [-0.4, -0.2) is 40.9 Å². The number of nitrogens with zero attached hydrogens (tertiary/aromatic N) is 3. The number of carbonyl (C=O) groups is 1. The highest BCUT2D eigenvalue weighted by atomic mass is 16.2. The third-order valence-corrected chi connectivity index (χ3v) is 2.94. The molecule has 0 bridgehead atoms. The quantitative estimate of drug-likeness (QED) is 0.846. The normalized spacial score (nSPS) is 10.4. The van der Waals surface area contributed by atoms with Crippen LogP contribution >= 0.6 is 0 Å².